The van der Waals surface area contributed by atoms with Crippen LogP contribution in [-0.4, -0.2) is 15.9 Å². The van der Waals surface area contributed by atoms with Crippen molar-refractivity contribution in [2.75, 3.05) is 5.32 Å². The van der Waals surface area contributed by atoms with Crippen molar-refractivity contribution in [2.45, 2.75) is 31.1 Å². The molecular formula is C24H21N3O2. The van der Waals surface area contributed by atoms with E-state index in [1.165, 1.54) is 0 Å². The monoisotopic (exact) mass is 383 g/mol. The van der Waals surface area contributed by atoms with E-state index in [4.69, 9.17) is 4.42 Å². The second-order valence-electron chi connectivity index (χ2n) is 7.53. The Morgan fingerprint density at radius 2 is 1.79 bits per heavy atom. The van der Waals surface area contributed by atoms with Gasteiger partial charge in [-0.2, -0.15) is 4.98 Å². The summed E-state index contributed by atoms with van der Waals surface area (Å²) in [5.41, 5.74) is 3.40. The van der Waals surface area contributed by atoms with Crippen molar-refractivity contribution in [3.63, 3.8) is 0 Å². The Labute approximate surface area is 168 Å². The first kappa shape index (κ1) is 17.6. The first-order valence-electron chi connectivity index (χ1n) is 9.94. The molecule has 2 aromatic carbocycles. The van der Waals surface area contributed by atoms with E-state index >= 15 is 0 Å². The van der Waals surface area contributed by atoms with Crippen LogP contribution >= 0.6 is 0 Å². The van der Waals surface area contributed by atoms with Crippen LogP contribution in [0, 0.1) is 0 Å². The lowest BCUT2D eigenvalue weighted by Gasteiger charge is -2.28. The normalized spacial score (nSPS) is 15.4. The van der Waals surface area contributed by atoms with Gasteiger partial charge in [0, 0.05) is 17.4 Å². The fourth-order valence-corrected chi connectivity index (χ4v) is 4.26. The molecule has 0 atom stereocenters. The van der Waals surface area contributed by atoms with Crippen LogP contribution in [0.25, 0.3) is 22.7 Å². The minimum Gasteiger partial charge on any atom is -0.434 e. The number of carbonyl (C=O) groups is 1. The maximum absolute atomic E-state index is 13.4. The predicted molar refractivity (Wildman–Crippen MR) is 112 cm³/mol. The molecule has 1 aliphatic rings. The molecule has 0 radical (unpaired) electrons. The fourth-order valence-electron chi connectivity index (χ4n) is 4.26. The van der Waals surface area contributed by atoms with Gasteiger partial charge in [0.15, 0.2) is 11.2 Å². The molecule has 2 aromatic heterocycles. The van der Waals surface area contributed by atoms with E-state index < -0.39 is 5.41 Å². The van der Waals surface area contributed by atoms with Crippen molar-refractivity contribution < 1.29 is 9.21 Å². The molecule has 144 valence electrons. The first-order valence-corrected chi connectivity index (χ1v) is 9.94. The number of oxazole rings is 1. The zero-order chi connectivity index (χ0) is 19.7. The quantitative estimate of drug-likeness (QED) is 0.516. The number of aromatic nitrogens is 2. The van der Waals surface area contributed by atoms with Crippen LogP contribution in [0.2, 0.25) is 0 Å². The largest absolute Gasteiger partial charge is 0.434 e. The van der Waals surface area contributed by atoms with Crippen LogP contribution in [0.3, 0.4) is 0 Å². The molecule has 0 saturated heterocycles. The zero-order valence-corrected chi connectivity index (χ0v) is 16.0. The van der Waals surface area contributed by atoms with E-state index in [2.05, 4.69) is 27.4 Å². The second-order valence-corrected chi connectivity index (χ2v) is 7.53. The molecule has 1 fully saturated rings. The molecule has 5 nitrogen and oxygen atoms in total. The number of fused-ring (bicyclic) bond motifs is 1. The van der Waals surface area contributed by atoms with Crippen molar-refractivity contribution in [2.24, 2.45) is 0 Å². The van der Waals surface area contributed by atoms with Gasteiger partial charge in [0.25, 0.3) is 0 Å². The molecule has 1 amide bonds. The highest BCUT2D eigenvalue weighted by molar-refractivity contribution is 5.99. The summed E-state index contributed by atoms with van der Waals surface area (Å²) in [5, 5.41) is 3.14. The van der Waals surface area contributed by atoms with Gasteiger partial charge in [0.1, 0.15) is 0 Å². The highest BCUT2D eigenvalue weighted by Gasteiger charge is 2.42. The van der Waals surface area contributed by atoms with Crippen molar-refractivity contribution >= 4 is 22.8 Å². The van der Waals surface area contributed by atoms with E-state index in [-0.39, 0.29) is 5.91 Å². The molecule has 29 heavy (non-hydrogen) atoms. The van der Waals surface area contributed by atoms with Crippen molar-refractivity contribution in [1.29, 1.82) is 0 Å². The summed E-state index contributed by atoms with van der Waals surface area (Å²) in [4.78, 5) is 22.0. The van der Waals surface area contributed by atoms with Crippen LogP contribution in [0.15, 0.2) is 77.3 Å². The van der Waals surface area contributed by atoms with E-state index in [9.17, 15) is 4.79 Å². The summed E-state index contributed by atoms with van der Waals surface area (Å²) in [6, 6.07) is 21.4. The van der Waals surface area contributed by atoms with Gasteiger partial charge < -0.3 is 9.73 Å². The molecule has 1 saturated carbocycles. The van der Waals surface area contributed by atoms with Crippen LogP contribution < -0.4 is 5.32 Å². The van der Waals surface area contributed by atoms with Gasteiger partial charge in [0.2, 0.25) is 11.8 Å². The van der Waals surface area contributed by atoms with E-state index in [1.807, 2.05) is 54.6 Å². The Balaban J connectivity index is 1.44. The van der Waals surface area contributed by atoms with Crippen LogP contribution in [0.5, 0.6) is 0 Å². The number of hydrogen-bond donors (Lipinski definition) is 1. The molecule has 1 aliphatic carbocycles. The van der Waals surface area contributed by atoms with Crippen LogP contribution in [0.1, 0.15) is 31.2 Å². The highest BCUT2D eigenvalue weighted by atomic mass is 16.3. The number of carbonyl (C=O) groups excluding carboxylic acids is 1. The summed E-state index contributed by atoms with van der Waals surface area (Å²) in [5.74, 6) is 0.547. The number of benzene rings is 2. The molecule has 5 rings (SSSR count). The highest BCUT2D eigenvalue weighted by Crippen LogP contribution is 2.42. The second kappa shape index (κ2) is 7.17. The molecule has 5 heteroatoms. The van der Waals surface area contributed by atoms with Crippen molar-refractivity contribution in [1.82, 2.24) is 9.97 Å². The third-order valence-electron chi connectivity index (χ3n) is 5.75. The summed E-state index contributed by atoms with van der Waals surface area (Å²) in [6.07, 6.45) is 5.57. The van der Waals surface area contributed by atoms with E-state index in [0.29, 0.717) is 17.1 Å². The zero-order valence-electron chi connectivity index (χ0n) is 16.0. The summed E-state index contributed by atoms with van der Waals surface area (Å²) in [7, 11) is 0. The van der Waals surface area contributed by atoms with Gasteiger partial charge in [-0.3, -0.25) is 4.79 Å². The average molecular weight is 383 g/mol. The fraction of sp³-hybridized carbons (Fsp3) is 0.208. The molecule has 0 spiro atoms. The van der Waals surface area contributed by atoms with Crippen LogP contribution in [0.4, 0.5) is 5.69 Å². The average Bonchev–Trinajstić information content (AvgIpc) is 3.43. The lowest BCUT2D eigenvalue weighted by atomic mass is 9.78. The molecule has 2 heterocycles. The smallest absolute Gasteiger partial charge is 0.235 e. The van der Waals surface area contributed by atoms with E-state index in [1.54, 1.807) is 6.20 Å². The SMILES string of the molecule is O=C(Nc1cccc(-c2nc3ncccc3o2)c1)C1(c2ccccc2)CCCC1. The third-order valence-corrected chi connectivity index (χ3v) is 5.75. The standard InChI is InChI=1S/C24H21N3O2/c28-23(24(13-4-5-14-24)18-9-2-1-3-10-18)26-19-11-6-8-17(16-19)22-27-21-20(29-22)12-7-15-25-21/h1-3,6-12,15-16H,4-5,13-14H2,(H,26,28). The Bertz CT molecular complexity index is 1130. The topological polar surface area (TPSA) is 68.0 Å². The Hall–Kier alpha value is -3.47. The first-order chi connectivity index (χ1) is 14.2. The number of hydrogen-bond acceptors (Lipinski definition) is 4. The van der Waals surface area contributed by atoms with Gasteiger partial charge in [-0.25, -0.2) is 4.98 Å². The number of nitrogens with zero attached hydrogens (tertiary/aromatic N) is 2. The van der Waals surface area contributed by atoms with Gasteiger partial charge in [-0.1, -0.05) is 49.2 Å². The molecule has 1 N–H and O–H groups in total. The van der Waals surface area contributed by atoms with Gasteiger partial charge >= 0.3 is 0 Å². The molecule has 0 aliphatic heterocycles. The number of rotatable bonds is 4. The predicted octanol–water partition coefficient (Wildman–Crippen LogP) is 5.34. The maximum Gasteiger partial charge on any atom is 0.235 e. The number of nitrogens with one attached hydrogen (secondary N) is 1. The Kier molecular flexibility index (Phi) is 4.35. The lowest BCUT2D eigenvalue weighted by Crippen LogP contribution is -2.37. The summed E-state index contributed by atoms with van der Waals surface area (Å²) in [6.45, 7) is 0. The van der Waals surface area contributed by atoms with Gasteiger partial charge in [0.05, 0.1) is 5.41 Å². The van der Waals surface area contributed by atoms with Crippen molar-refractivity contribution in [3.05, 3.63) is 78.5 Å². The molecule has 0 unspecified atom stereocenters. The van der Waals surface area contributed by atoms with Crippen molar-refractivity contribution in [3.8, 4) is 11.5 Å². The summed E-state index contributed by atoms with van der Waals surface area (Å²) >= 11 is 0. The molecule has 4 aromatic rings. The van der Waals surface area contributed by atoms with Crippen LogP contribution in [-0.2, 0) is 10.2 Å². The number of pyridine rings is 1. The minimum absolute atomic E-state index is 0.0533. The van der Waals surface area contributed by atoms with E-state index in [0.717, 1.165) is 42.5 Å². The van der Waals surface area contributed by atoms with Gasteiger partial charge in [-0.05, 0) is 48.7 Å². The summed E-state index contributed by atoms with van der Waals surface area (Å²) < 4.78 is 5.82. The minimum atomic E-state index is -0.460. The lowest BCUT2D eigenvalue weighted by molar-refractivity contribution is -0.121. The van der Waals surface area contributed by atoms with Gasteiger partial charge in [-0.15, -0.1) is 0 Å². The number of anilines is 1. The molecular weight excluding hydrogens is 362 g/mol. The molecule has 0 bridgehead atoms. The maximum atomic E-state index is 13.4. The third kappa shape index (κ3) is 3.18. The Morgan fingerprint density at radius 1 is 0.966 bits per heavy atom. The number of amides is 1. The Morgan fingerprint density at radius 3 is 2.59 bits per heavy atom.